The van der Waals surface area contributed by atoms with Crippen LogP contribution in [0, 0.1) is 17.0 Å². The summed E-state index contributed by atoms with van der Waals surface area (Å²) in [5.41, 5.74) is 3.31. The van der Waals surface area contributed by atoms with Gasteiger partial charge in [0.1, 0.15) is 7.05 Å². The third-order valence-electron chi connectivity index (χ3n) is 2.81. The molecule has 1 heterocycles. The molecular weight excluding hydrogens is 216 g/mol. The van der Waals surface area contributed by atoms with Crippen LogP contribution in [0.1, 0.15) is 5.69 Å². The van der Waals surface area contributed by atoms with Crippen LogP contribution in [0.4, 0.5) is 5.69 Å². The van der Waals surface area contributed by atoms with Crippen molar-refractivity contribution >= 4 is 5.69 Å². The fourth-order valence-corrected chi connectivity index (χ4v) is 1.64. The van der Waals surface area contributed by atoms with Crippen molar-refractivity contribution in [2.75, 3.05) is 0 Å². The molecule has 0 spiro atoms. The minimum atomic E-state index is -0.389. The number of hydrogen-bond acceptors (Lipinski definition) is 2. The summed E-state index contributed by atoms with van der Waals surface area (Å²) < 4.78 is 2.02. The van der Waals surface area contributed by atoms with Crippen molar-refractivity contribution < 1.29 is 9.49 Å². The summed E-state index contributed by atoms with van der Waals surface area (Å²) in [5.74, 6) is 0. The Morgan fingerprint density at radius 1 is 1.12 bits per heavy atom. The van der Waals surface area contributed by atoms with Gasteiger partial charge in [-0.3, -0.25) is 10.1 Å². The van der Waals surface area contributed by atoms with Crippen LogP contribution in [0.2, 0.25) is 0 Å². The third kappa shape index (κ3) is 2.30. The summed E-state index contributed by atoms with van der Waals surface area (Å²) in [5, 5.41) is 10.5. The average molecular weight is 229 g/mol. The number of hydrogen-bond donors (Lipinski definition) is 0. The van der Waals surface area contributed by atoms with E-state index in [9.17, 15) is 10.1 Å². The number of aromatic nitrogens is 1. The van der Waals surface area contributed by atoms with Crippen LogP contribution in [0.3, 0.4) is 0 Å². The molecule has 0 amide bonds. The lowest BCUT2D eigenvalue weighted by Crippen LogP contribution is -2.30. The van der Waals surface area contributed by atoms with Crippen molar-refractivity contribution in [3.05, 3.63) is 58.4 Å². The minimum absolute atomic E-state index is 0.118. The normalized spacial score (nSPS) is 10.2. The highest BCUT2D eigenvalue weighted by Gasteiger charge is 2.07. The summed E-state index contributed by atoms with van der Waals surface area (Å²) in [6.07, 6.45) is 1.98. The summed E-state index contributed by atoms with van der Waals surface area (Å²) in [6.45, 7) is 2.02. The first-order chi connectivity index (χ1) is 8.08. The molecule has 1 aromatic carbocycles. The Labute approximate surface area is 99.3 Å². The van der Waals surface area contributed by atoms with E-state index in [1.807, 2.05) is 30.8 Å². The second kappa shape index (κ2) is 4.33. The molecule has 0 N–H and O–H groups in total. The van der Waals surface area contributed by atoms with E-state index in [4.69, 9.17) is 0 Å². The van der Waals surface area contributed by atoms with Crippen LogP contribution in [0.5, 0.6) is 0 Å². The average Bonchev–Trinajstić information content (AvgIpc) is 2.33. The van der Waals surface area contributed by atoms with Crippen LogP contribution in [0.15, 0.2) is 42.6 Å². The highest BCUT2D eigenvalue weighted by atomic mass is 16.6. The molecule has 1 aromatic heterocycles. The first kappa shape index (κ1) is 11.3. The van der Waals surface area contributed by atoms with Crippen molar-refractivity contribution in [3.8, 4) is 11.1 Å². The number of non-ortho nitro benzene ring substituents is 1. The Morgan fingerprint density at radius 3 is 2.29 bits per heavy atom. The molecule has 17 heavy (non-hydrogen) atoms. The van der Waals surface area contributed by atoms with Crippen molar-refractivity contribution in [2.24, 2.45) is 7.05 Å². The van der Waals surface area contributed by atoms with Gasteiger partial charge in [0.25, 0.3) is 5.69 Å². The number of nitro benzene ring substituents is 1. The van der Waals surface area contributed by atoms with Crippen molar-refractivity contribution in [1.29, 1.82) is 0 Å². The topological polar surface area (TPSA) is 47.0 Å². The molecule has 0 aliphatic carbocycles. The molecule has 0 aliphatic heterocycles. The van der Waals surface area contributed by atoms with Crippen LogP contribution >= 0.6 is 0 Å². The van der Waals surface area contributed by atoms with E-state index in [1.54, 1.807) is 12.1 Å². The number of rotatable bonds is 2. The molecule has 2 aromatic rings. The molecule has 0 fully saturated rings. The molecule has 0 atom stereocenters. The van der Waals surface area contributed by atoms with Gasteiger partial charge >= 0.3 is 0 Å². The summed E-state index contributed by atoms with van der Waals surface area (Å²) in [7, 11) is 1.98. The number of nitro groups is 1. The molecule has 4 heteroatoms. The zero-order chi connectivity index (χ0) is 12.4. The van der Waals surface area contributed by atoms with E-state index < -0.39 is 0 Å². The van der Waals surface area contributed by atoms with Gasteiger partial charge in [-0.05, 0) is 23.3 Å². The van der Waals surface area contributed by atoms with Crippen LogP contribution in [0.25, 0.3) is 11.1 Å². The van der Waals surface area contributed by atoms with E-state index in [0.29, 0.717) is 0 Å². The van der Waals surface area contributed by atoms with Gasteiger partial charge in [0.05, 0.1) is 4.92 Å². The van der Waals surface area contributed by atoms with Gasteiger partial charge in [0, 0.05) is 31.2 Å². The van der Waals surface area contributed by atoms with Crippen molar-refractivity contribution in [2.45, 2.75) is 6.92 Å². The van der Waals surface area contributed by atoms with E-state index in [0.717, 1.165) is 16.8 Å². The number of aryl methyl sites for hydroxylation is 2. The lowest BCUT2D eigenvalue weighted by molar-refractivity contribution is -0.677. The predicted octanol–water partition coefficient (Wildman–Crippen LogP) is 2.39. The summed E-state index contributed by atoms with van der Waals surface area (Å²) in [6, 6.07) is 10.6. The molecule has 2 rings (SSSR count). The Hall–Kier alpha value is -2.23. The van der Waals surface area contributed by atoms with Crippen molar-refractivity contribution in [1.82, 2.24) is 0 Å². The molecule has 0 unspecified atom stereocenters. The van der Waals surface area contributed by atoms with Crippen LogP contribution in [-0.2, 0) is 7.05 Å². The molecule has 86 valence electrons. The largest absolute Gasteiger partial charge is 0.269 e. The fourth-order valence-electron chi connectivity index (χ4n) is 1.64. The molecule has 0 saturated heterocycles. The second-order valence-corrected chi connectivity index (χ2v) is 3.97. The van der Waals surface area contributed by atoms with E-state index >= 15 is 0 Å². The maximum atomic E-state index is 10.5. The van der Waals surface area contributed by atoms with Gasteiger partial charge in [-0.1, -0.05) is 0 Å². The zero-order valence-corrected chi connectivity index (χ0v) is 9.75. The van der Waals surface area contributed by atoms with Crippen molar-refractivity contribution in [3.63, 3.8) is 0 Å². The Kier molecular flexibility index (Phi) is 2.87. The molecule has 4 nitrogen and oxygen atoms in total. The van der Waals surface area contributed by atoms with E-state index in [2.05, 4.69) is 6.07 Å². The fraction of sp³-hybridized carbons (Fsp3) is 0.154. The van der Waals surface area contributed by atoms with Gasteiger partial charge in [-0.25, -0.2) is 4.57 Å². The quantitative estimate of drug-likeness (QED) is 0.451. The van der Waals surface area contributed by atoms with Gasteiger partial charge < -0.3 is 0 Å². The molecule has 0 bridgehead atoms. The second-order valence-electron chi connectivity index (χ2n) is 3.97. The Bertz CT molecular complexity index is 562. The third-order valence-corrected chi connectivity index (χ3v) is 2.81. The zero-order valence-electron chi connectivity index (χ0n) is 9.75. The maximum Gasteiger partial charge on any atom is 0.269 e. The number of benzene rings is 1. The lowest BCUT2D eigenvalue weighted by Gasteiger charge is -2.01. The smallest absolute Gasteiger partial charge is 0.258 e. The molecule has 0 radical (unpaired) electrons. The van der Waals surface area contributed by atoms with Gasteiger partial charge in [-0.15, -0.1) is 0 Å². The molecule has 0 saturated carbocycles. The van der Waals surface area contributed by atoms with Gasteiger partial charge in [-0.2, -0.15) is 0 Å². The minimum Gasteiger partial charge on any atom is -0.258 e. The summed E-state index contributed by atoms with van der Waals surface area (Å²) >= 11 is 0. The maximum absolute atomic E-state index is 10.5. The first-order valence-corrected chi connectivity index (χ1v) is 5.29. The van der Waals surface area contributed by atoms with Gasteiger partial charge in [0.2, 0.25) is 0 Å². The Morgan fingerprint density at radius 2 is 1.76 bits per heavy atom. The Balaban J connectivity index is 2.39. The van der Waals surface area contributed by atoms with Gasteiger partial charge in [0.15, 0.2) is 11.9 Å². The van der Waals surface area contributed by atoms with Crippen LogP contribution < -0.4 is 4.57 Å². The summed E-state index contributed by atoms with van der Waals surface area (Å²) in [4.78, 5) is 10.2. The molecule has 0 aliphatic rings. The lowest BCUT2D eigenvalue weighted by atomic mass is 10.1. The first-order valence-electron chi connectivity index (χ1n) is 5.29. The number of pyridine rings is 1. The standard InChI is InChI=1S/C13H13N2O2/c1-10-9-12(7-8-14(10)2)11-3-5-13(6-4-11)15(16)17/h3-9H,1-2H3/q+1. The van der Waals surface area contributed by atoms with E-state index in [1.165, 1.54) is 12.1 Å². The SMILES string of the molecule is Cc1cc(-c2ccc([N+](=O)[O-])cc2)cc[n+]1C. The molecular formula is C13H13N2O2+. The highest BCUT2D eigenvalue weighted by Crippen LogP contribution is 2.21. The van der Waals surface area contributed by atoms with Crippen LogP contribution in [-0.4, -0.2) is 4.92 Å². The van der Waals surface area contributed by atoms with E-state index in [-0.39, 0.29) is 10.6 Å². The number of nitrogens with zero attached hydrogens (tertiary/aromatic N) is 2. The predicted molar refractivity (Wildman–Crippen MR) is 64.4 cm³/mol. The highest BCUT2D eigenvalue weighted by molar-refractivity contribution is 5.64. The monoisotopic (exact) mass is 229 g/mol.